The van der Waals surface area contributed by atoms with Crippen LogP contribution in [0.15, 0.2) is 35.9 Å². The van der Waals surface area contributed by atoms with Crippen molar-refractivity contribution in [3.05, 3.63) is 41.5 Å². The molecule has 0 saturated heterocycles. The number of allylic oxidation sites excluding steroid dienone is 1. The minimum Gasteiger partial charge on any atom is -0.493 e. The lowest BCUT2D eigenvalue weighted by atomic mass is 9.80. The first-order chi connectivity index (χ1) is 9.90. The van der Waals surface area contributed by atoms with Crippen molar-refractivity contribution >= 4 is 0 Å². The number of rotatable bonds is 4. The Labute approximate surface area is 122 Å². The summed E-state index contributed by atoms with van der Waals surface area (Å²) in [5.74, 6) is 1.65. The third-order valence-corrected chi connectivity index (χ3v) is 4.56. The molecule has 2 aliphatic rings. The molecule has 1 N–H and O–H groups in total. The van der Waals surface area contributed by atoms with Crippen molar-refractivity contribution < 1.29 is 4.74 Å². The molecule has 0 amide bonds. The van der Waals surface area contributed by atoms with Crippen LogP contribution in [0, 0.1) is 0 Å². The summed E-state index contributed by atoms with van der Waals surface area (Å²) in [6.07, 6.45) is 8.81. The molecule has 1 heterocycles. The topological polar surface area (TPSA) is 21.3 Å². The van der Waals surface area contributed by atoms with Crippen LogP contribution in [0.2, 0.25) is 0 Å². The fourth-order valence-electron chi connectivity index (χ4n) is 3.61. The molecule has 0 fully saturated rings. The van der Waals surface area contributed by atoms with Gasteiger partial charge in [0.2, 0.25) is 0 Å². The first kappa shape index (κ1) is 13.7. The zero-order chi connectivity index (χ0) is 13.8. The standard InChI is InChI=1S/C18H25NO/c1-2-19-18(14-8-4-3-5-9-14)16-12-13-20-17-11-7-6-10-15(16)17/h6-8,10-11,16,18-19H,2-5,9,12-13H2,1H3. The van der Waals surface area contributed by atoms with Crippen LogP contribution in [0.5, 0.6) is 5.75 Å². The Hall–Kier alpha value is -1.28. The van der Waals surface area contributed by atoms with E-state index in [9.17, 15) is 0 Å². The van der Waals surface area contributed by atoms with Crippen LogP contribution in [0.25, 0.3) is 0 Å². The maximum absolute atomic E-state index is 5.82. The lowest BCUT2D eigenvalue weighted by Gasteiger charge is -2.35. The average molecular weight is 271 g/mol. The van der Waals surface area contributed by atoms with Crippen molar-refractivity contribution in [2.24, 2.45) is 0 Å². The number of para-hydroxylation sites is 1. The molecular weight excluding hydrogens is 246 g/mol. The summed E-state index contributed by atoms with van der Waals surface area (Å²) in [5.41, 5.74) is 3.01. The zero-order valence-corrected chi connectivity index (χ0v) is 12.4. The van der Waals surface area contributed by atoms with Crippen LogP contribution in [0.1, 0.15) is 50.5 Å². The first-order valence-electron chi connectivity index (χ1n) is 8.04. The summed E-state index contributed by atoms with van der Waals surface area (Å²) in [4.78, 5) is 0. The van der Waals surface area contributed by atoms with Gasteiger partial charge in [-0.15, -0.1) is 0 Å². The molecule has 1 aliphatic heterocycles. The number of ether oxygens (including phenoxy) is 1. The number of hydrogen-bond donors (Lipinski definition) is 1. The largest absolute Gasteiger partial charge is 0.493 e. The fourth-order valence-corrected chi connectivity index (χ4v) is 3.61. The van der Waals surface area contributed by atoms with Gasteiger partial charge in [-0.1, -0.05) is 36.8 Å². The summed E-state index contributed by atoms with van der Waals surface area (Å²) in [6.45, 7) is 4.08. The van der Waals surface area contributed by atoms with E-state index in [4.69, 9.17) is 4.74 Å². The quantitative estimate of drug-likeness (QED) is 0.835. The number of benzene rings is 1. The van der Waals surface area contributed by atoms with Gasteiger partial charge in [-0.2, -0.15) is 0 Å². The lowest BCUT2D eigenvalue weighted by Crippen LogP contribution is -2.39. The van der Waals surface area contributed by atoms with Gasteiger partial charge in [0.25, 0.3) is 0 Å². The molecule has 2 nitrogen and oxygen atoms in total. The van der Waals surface area contributed by atoms with Crippen LogP contribution in [-0.4, -0.2) is 19.2 Å². The van der Waals surface area contributed by atoms with E-state index in [1.165, 1.54) is 31.2 Å². The Bertz CT molecular complexity index is 480. The summed E-state index contributed by atoms with van der Waals surface area (Å²) in [6, 6.07) is 9.06. The summed E-state index contributed by atoms with van der Waals surface area (Å²) >= 11 is 0. The van der Waals surface area contributed by atoms with Gasteiger partial charge in [0, 0.05) is 12.0 Å². The van der Waals surface area contributed by atoms with Gasteiger partial charge in [-0.25, -0.2) is 0 Å². The molecule has 0 spiro atoms. The molecule has 1 aromatic rings. The molecule has 0 radical (unpaired) electrons. The smallest absolute Gasteiger partial charge is 0.122 e. The minimum atomic E-state index is 0.491. The van der Waals surface area contributed by atoms with E-state index in [-0.39, 0.29) is 0 Å². The van der Waals surface area contributed by atoms with Crippen molar-refractivity contribution in [3.63, 3.8) is 0 Å². The lowest BCUT2D eigenvalue weighted by molar-refractivity contribution is 0.251. The molecule has 0 saturated carbocycles. The van der Waals surface area contributed by atoms with E-state index < -0.39 is 0 Å². The van der Waals surface area contributed by atoms with E-state index in [1.54, 1.807) is 5.57 Å². The monoisotopic (exact) mass is 271 g/mol. The van der Waals surface area contributed by atoms with Crippen molar-refractivity contribution in [1.29, 1.82) is 0 Å². The van der Waals surface area contributed by atoms with Crippen LogP contribution >= 0.6 is 0 Å². The number of hydrogen-bond acceptors (Lipinski definition) is 2. The summed E-state index contributed by atoms with van der Waals surface area (Å²) < 4.78 is 5.82. The first-order valence-corrected chi connectivity index (χ1v) is 8.04. The Kier molecular flexibility index (Phi) is 4.41. The van der Waals surface area contributed by atoms with E-state index >= 15 is 0 Å². The molecule has 2 unspecified atom stereocenters. The molecule has 3 rings (SSSR count). The molecule has 1 aliphatic carbocycles. The highest BCUT2D eigenvalue weighted by Crippen LogP contribution is 2.39. The van der Waals surface area contributed by atoms with Crippen molar-refractivity contribution in [2.45, 2.75) is 51.0 Å². The number of likely N-dealkylation sites (N-methyl/N-ethyl adjacent to an activating group) is 1. The molecule has 20 heavy (non-hydrogen) atoms. The van der Waals surface area contributed by atoms with Gasteiger partial charge in [-0.3, -0.25) is 0 Å². The molecule has 0 aromatic heterocycles. The molecule has 1 aromatic carbocycles. The Morgan fingerprint density at radius 3 is 3.00 bits per heavy atom. The second kappa shape index (κ2) is 6.45. The second-order valence-electron chi connectivity index (χ2n) is 5.84. The molecule has 2 heteroatoms. The SMILES string of the molecule is CCNC(C1=CCCCC1)C1CCOc2ccccc21. The van der Waals surface area contributed by atoms with Crippen molar-refractivity contribution in [3.8, 4) is 5.75 Å². The van der Waals surface area contributed by atoms with Gasteiger partial charge < -0.3 is 10.1 Å². The third kappa shape index (κ3) is 2.76. The van der Waals surface area contributed by atoms with Crippen LogP contribution in [0.4, 0.5) is 0 Å². The number of fused-ring (bicyclic) bond motifs is 1. The van der Waals surface area contributed by atoms with Gasteiger partial charge >= 0.3 is 0 Å². The maximum atomic E-state index is 5.82. The van der Waals surface area contributed by atoms with Crippen LogP contribution in [0.3, 0.4) is 0 Å². The predicted octanol–water partition coefficient (Wildman–Crippen LogP) is 4.03. The third-order valence-electron chi connectivity index (χ3n) is 4.56. The summed E-state index contributed by atoms with van der Waals surface area (Å²) in [5, 5.41) is 3.74. The fraction of sp³-hybridized carbons (Fsp3) is 0.556. The predicted molar refractivity (Wildman–Crippen MR) is 83.3 cm³/mol. The van der Waals surface area contributed by atoms with E-state index in [2.05, 4.69) is 42.6 Å². The van der Waals surface area contributed by atoms with Gasteiger partial charge in [0.05, 0.1) is 6.61 Å². The van der Waals surface area contributed by atoms with Gasteiger partial charge in [0.1, 0.15) is 5.75 Å². The maximum Gasteiger partial charge on any atom is 0.122 e. The van der Waals surface area contributed by atoms with Crippen LogP contribution in [-0.2, 0) is 0 Å². The van der Waals surface area contributed by atoms with Crippen molar-refractivity contribution in [2.75, 3.05) is 13.2 Å². The average Bonchev–Trinajstić information content (AvgIpc) is 2.53. The van der Waals surface area contributed by atoms with Gasteiger partial charge in [-0.05, 0) is 50.3 Å². The van der Waals surface area contributed by atoms with E-state index in [0.717, 1.165) is 25.3 Å². The second-order valence-corrected chi connectivity index (χ2v) is 5.84. The minimum absolute atomic E-state index is 0.491. The number of nitrogens with one attached hydrogen (secondary N) is 1. The normalized spacial score (nSPS) is 23.4. The Morgan fingerprint density at radius 1 is 1.30 bits per heavy atom. The summed E-state index contributed by atoms with van der Waals surface area (Å²) in [7, 11) is 0. The van der Waals surface area contributed by atoms with Crippen molar-refractivity contribution in [1.82, 2.24) is 5.32 Å². The highest BCUT2D eigenvalue weighted by molar-refractivity contribution is 5.40. The Balaban J connectivity index is 1.90. The van der Waals surface area contributed by atoms with Crippen LogP contribution < -0.4 is 10.1 Å². The molecule has 0 bridgehead atoms. The zero-order valence-electron chi connectivity index (χ0n) is 12.4. The molecular formula is C18H25NO. The Morgan fingerprint density at radius 2 is 2.20 bits per heavy atom. The van der Waals surface area contributed by atoms with E-state index in [1.807, 2.05) is 0 Å². The van der Waals surface area contributed by atoms with Gasteiger partial charge in [0.15, 0.2) is 0 Å². The highest BCUT2D eigenvalue weighted by Gasteiger charge is 2.30. The molecule has 2 atom stereocenters. The molecule has 108 valence electrons. The van der Waals surface area contributed by atoms with E-state index in [0.29, 0.717) is 12.0 Å². The highest BCUT2D eigenvalue weighted by atomic mass is 16.5.